The summed E-state index contributed by atoms with van der Waals surface area (Å²) in [6.07, 6.45) is 1.06. The van der Waals surface area contributed by atoms with Crippen molar-refractivity contribution in [3.63, 3.8) is 0 Å². The Bertz CT molecular complexity index is 653. The average Bonchev–Trinajstić information content (AvgIpc) is 2.45. The van der Waals surface area contributed by atoms with E-state index in [1.807, 2.05) is 0 Å². The molecule has 1 fully saturated rings. The number of methoxy groups -OCH3 is 1. The maximum atomic E-state index is 12.1. The number of hydrogen-bond donors (Lipinski definition) is 1. The fourth-order valence-electron chi connectivity index (χ4n) is 2.32. The molecule has 1 aliphatic heterocycles. The molecule has 2 rings (SSSR count). The fourth-order valence-corrected chi connectivity index (χ4v) is 4.02. The van der Waals surface area contributed by atoms with Gasteiger partial charge in [0.2, 0.25) is 5.91 Å². The van der Waals surface area contributed by atoms with Crippen LogP contribution in [0, 0.1) is 5.92 Å². The van der Waals surface area contributed by atoms with Gasteiger partial charge in [-0.3, -0.25) is 4.79 Å². The number of benzene rings is 1. The van der Waals surface area contributed by atoms with Crippen LogP contribution in [0.5, 0.6) is 0 Å². The predicted molar refractivity (Wildman–Crippen MR) is 77.8 cm³/mol. The molecule has 1 aromatic carbocycles. The zero-order valence-corrected chi connectivity index (χ0v) is 12.5. The number of hydrogen-bond acceptors (Lipinski definition) is 5. The van der Waals surface area contributed by atoms with Crippen molar-refractivity contribution < 1.29 is 22.7 Å². The minimum Gasteiger partial charge on any atom is -0.465 e. The number of nitrogens with one attached hydrogen (secondary N) is 1. The number of carbonyl (C=O) groups excluding carboxylic acids is 2. The number of anilines is 1. The van der Waals surface area contributed by atoms with Gasteiger partial charge in [0, 0.05) is 5.69 Å². The summed E-state index contributed by atoms with van der Waals surface area (Å²) in [6, 6.07) is 6.34. The number of esters is 1. The van der Waals surface area contributed by atoms with E-state index in [0.717, 1.165) is 0 Å². The van der Waals surface area contributed by atoms with Crippen molar-refractivity contribution in [1.82, 2.24) is 0 Å². The van der Waals surface area contributed by atoms with Gasteiger partial charge in [0.05, 0.1) is 30.1 Å². The van der Waals surface area contributed by atoms with E-state index in [1.165, 1.54) is 13.2 Å². The monoisotopic (exact) mass is 311 g/mol. The standard InChI is InChI=1S/C14H17NO5S/c1-20-14(17)10-4-2-6-12(8-10)15-13(16)11-5-3-7-21(18,19)9-11/h2,4,6,8,11H,3,5,7,9H2,1H3,(H,15,16). The van der Waals surface area contributed by atoms with Gasteiger partial charge in [0.15, 0.2) is 9.84 Å². The van der Waals surface area contributed by atoms with Crippen LogP contribution in [0.2, 0.25) is 0 Å². The smallest absolute Gasteiger partial charge is 0.337 e. The highest BCUT2D eigenvalue weighted by Crippen LogP contribution is 2.20. The molecule has 1 atom stereocenters. The molecule has 0 saturated carbocycles. The van der Waals surface area contributed by atoms with E-state index in [9.17, 15) is 18.0 Å². The van der Waals surface area contributed by atoms with Gasteiger partial charge in [-0.25, -0.2) is 13.2 Å². The SMILES string of the molecule is COC(=O)c1cccc(NC(=O)C2CCCS(=O)(=O)C2)c1. The Kier molecular flexibility index (Phi) is 4.62. The van der Waals surface area contributed by atoms with Gasteiger partial charge in [-0.05, 0) is 31.0 Å². The van der Waals surface area contributed by atoms with Gasteiger partial charge in [-0.1, -0.05) is 6.07 Å². The average molecular weight is 311 g/mol. The van der Waals surface area contributed by atoms with Crippen LogP contribution in [-0.2, 0) is 19.4 Å². The summed E-state index contributed by atoms with van der Waals surface area (Å²) in [6.45, 7) is 0. The van der Waals surface area contributed by atoms with Crippen LogP contribution >= 0.6 is 0 Å². The summed E-state index contributed by atoms with van der Waals surface area (Å²) in [5.41, 5.74) is 0.775. The van der Waals surface area contributed by atoms with Crippen molar-refractivity contribution in [1.29, 1.82) is 0 Å². The van der Waals surface area contributed by atoms with Crippen LogP contribution in [0.25, 0.3) is 0 Å². The second-order valence-corrected chi connectivity index (χ2v) is 7.24. The van der Waals surface area contributed by atoms with Crippen molar-refractivity contribution in [3.05, 3.63) is 29.8 Å². The number of rotatable bonds is 3. The molecular formula is C14H17NO5S. The molecule has 1 aliphatic rings. The summed E-state index contributed by atoms with van der Waals surface area (Å²) in [4.78, 5) is 23.5. The van der Waals surface area contributed by atoms with Gasteiger partial charge in [-0.15, -0.1) is 0 Å². The van der Waals surface area contributed by atoms with E-state index in [-0.39, 0.29) is 17.4 Å². The Morgan fingerprint density at radius 2 is 2.10 bits per heavy atom. The molecule has 1 saturated heterocycles. The van der Waals surface area contributed by atoms with E-state index in [4.69, 9.17) is 0 Å². The van der Waals surface area contributed by atoms with E-state index >= 15 is 0 Å². The molecular weight excluding hydrogens is 294 g/mol. The Morgan fingerprint density at radius 1 is 1.33 bits per heavy atom. The number of amides is 1. The summed E-state index contributed by atoms with van der Waals surface area (Å²) >= 11 is 0. The molecule has 1 heterocycles. The van der Waals surface area contributed by atoms with Crippen LogP contribution in [0.3, 0.4) is 0 Å². The van der Waals surface area contributed by atoms with E-state index in [1.54, 1.807) is 18.2 Å². The van der Waals surface area contributed by atoms with Crippen LogP contribution in [0.1, 0.15) is 23.2 Å². The molecule has 0 aliphatic carbocycles. The van der Waals surface area contributed by atoms with Crippen molar-refractivity contribution in [2.45, 2.75) is 12.8 Å². The largest absolute Gasteiger partial charge is 0.465 e. The highest BCUT2D eigenvalue weighted by Gasteiger charge is 2.29. The molecule has 1 amide bonds. The number of carbonyl (C=O) groups is 2. The maximum Gasteiger partial charge on any atom is 0.337 e. The molecule has 0 bridgehead atoms. The van der Waals surface area contributed by atoms with Crippen molar-refractivity contribution in [3.8, 4) is 0 Å². The molecule has 114 valence electrons. The maximum absolute atomic E-state index is 12.1. The normalized spacial score (nSPS) is 20.5. The lowest BCUT2D eigenvalue weighted by Gasteiger charge is -2.21. The molecule has 0 aromatic heterocycles. The minimum atomic E-state index is -3.13. The first-order valence-electron chi connectivity index (χ1n) is 6.61. The topological polar surface area (TPSA) is 89.5 Å². The molecule has 1 N–H and O–H groups in total. The lowest BCUT2D eigenvalue weighted by molar-refractivity contribution is -0.119. The highest BCUT2D eigenvalue weighted by atomic mass is 32.2. The van der Waals surface area contributed by atoms with Gasteiger partial charge in [-0.2, -0.15) is 0 Å². The first-order valence-corrected chi connectivity index (χ1v) is 8.43. The van der Waals surface area contributed by atoms with Crippen molar-refractivity contribution >= 4 is 27.4 Å². The van der Waals surface area contributed by atoms with Gasteiger partial charge in [0.25, 0.3) is 0 Å². The second-order valence-electron chi connectivity index (χ2n) is 5.02. The van der Waals surface area contributed by atoms with E-state index < -0.39 is 21.7 Å². The van der Waals surface area contributed by atoms with E-state index in [0.29, 0.717) is 24.1 Å². The first kappa shape index (κ1) is 15.5. The summed E-state index contributed by atoms with van der Waals surface area (Å²) in [7, 11) is -1.85. The highest BCUT2D eigenvalue weighted by molar-refractivity contribution is 7.91. The van der Waals surface area contributed by atoms with Gasteiger partial charge in [0.1, 0.15) is 0 Å². The Labute approximate surface area is 123 Å². The quantitative estimate of drug-likeness (QED) is 0.848. The van der Waals surface area contributed by atoms with E-state index in [2.05, 4.69) is 10.1 Å². The van der Waals surface area contributed by atoms with Crippen molar-refractivity contribution in [2.75, 3.05) is 23.9 Å². The summed E-state index contributed by atoms with van der Waals surface area (Å²) < 4.78 is 27.7. The summed E-state index contributed by atoms with van der Waals surface area (Å²) in [5, 5.41) is 2.66. The third kappa shape index (κ3) is 4.04. The fraction of sp³-hybridized carbons (Fsp3) is 0.429. The molecule has 6 nitrogen and oxygen atoms in total. The zero-order valence-electron chi connectivity index (χ0n) is 11.7. The molecule has 1 unspecified atom stereocenters. The zero-order chi connectivity index (χ0) is 15.5. The Hall–Kier alpha value is -1.89. The minimum absolute atomic E-state index is 0.116. The lowest BCUT2D eigenvalue weighted by Crippen LogP contribution is -2.34. The molecule has 0 spiro atoms. The summed E-state index contributed by atoms with van der Waals surface area (Å²) in [5.74, 6) is -1.33. The Morgan fingerprint density at radius 3 is 2.76 bits per heavy atom. The number of sulfone groups is 1. The molecule has 21 heavy (non-hydrogen) atoms. The molecule has 7 heteroatoms. The van der Waals surface area contributed by atoms with Gasteiger partial charge >= 0.3 is 5.97 Å². The predicted octanol–water partition coefficient (Wildman–Crippen LogP) is 1.24. The van der Waals surface area contributed by atoms with Crippen LogP contribution in [-0.4, -0.2) is 38.9 Å². The van der Waals surface area contributed by atoms with Crippen LogP contribution in [0.15, 0.2) is 24.3 Å². The van der Waals surface area contributed by atoms with Crippen LogP contribution in [0.4, 0.5) is 5.69 Å². The Balaban J connectivity index is 2.07. The van der Waals surface area contributed by atoms with Crippen LogP contribution < -0.4 is 5.32 Å². The first-order chi connectivity index (χ1) is 9.91. The molecule has 0 radical (unpaired) electrons. The third-order valence-corrected chi connectivity index (χ3v) is 5.21. The van der Waals surface area contributed by atoms with Crippen molar-refractivity contribution in [2.24, 2.45) is 5.92 Å². The second kappa shape index (κ2) is 6.26. The molecule has 1 aromatic rings. The lowest BCUT2D eigenvalue weighted by atomic mass is 10.0. The van der Waals surface area contributed by atoms with Gasteiger partial charge < -0.3 is 10.1 Å². The number of ether oxygens (including phenoxy) is 1. The third-order valence-electron chi connectivity index (χ3n) is 3.39.